The van der Waals surface area contributed by atoms with Crippen LogP contribution in [-0.4, -0.2) is 19.7 Å². The Morgan fingerprint density at radius 2 is 1.50 bits per heavy atom. The zero-order chi connectivity index (χ0) is 9.40. The molecule has 1 rings (SSSR count). The lowest BCUT2D eigenvalue weighted by Crippen LogP contribution is -1.78. The van der Waals surface area contributed by atoms with E-state index < -0.39 is 10.6 Å². The highest BCUT2D eigenvalue weighted by atomic mass is 32.2. The first kappa shape index (κ1) is 10.6. The van der Waals surface area contributed by atoms with Crippen molar-refractivity contribution >= 4 is 10.6 Å². The molecule has 4 nitrogen and oxygen atoms in total. The first-order valence-electron chi connectivity index (χ1n) is 3.02. The fourth-order valence-electron chi connectivity index (χ4n) is 0.557. The van der Waals surface area contributed by atoms with Gasteiger partial charge >= 0.3 is 10.6 Å². The number of methoxy groups -OCH3 is 1. The lowest BCUT2D eigenvalue weighted by Gasteiger charge is -1.93. The summed E-state index contributed by atoms with van der Waals surface area (Å²) >= 11 is 0. The van der Waals surface area contributed by atoms with Crippen LogP contribution >= 0.6 is 0 Å². The molecule has 0 atom stereocenters. The fraction of sp³-hybridized carbons (Fsp3) is 0.143. The molecule has 0 aliphatic carbocycles. The first-order chi connectivity index (χ1) is 5.66. The molecule has 1 aromatic carbocycles. The fourth-order valence-corrected chi connectivity index (χ4v) is 0.557. The van der Waals surface area contributed by atoms with E-state index in [1.165, 1.54) is 0 Å². The van der Waals surface area contributed by atoms with E-state index in [-0.39, 0.29) is 0 Å². The van der Waals surface area contributed by atoms with E-state index in [1.807, 2.05) is 30.3 Å². The third-order valence-electron chi connectivity index (χ3n) is 0.979. The SMILES string of the molecule is COc1ccccc1.O=S(=O)=O. The molecule has 0 amide bonds. The van der Waals surface area contributed by atoms with Gasteiger partial charge in [0.15, 0.2) is 0 Å². The standard InChI is InChI=1S/C7H8O.O3S/c1-8-7-5-3-2-4-6-7;1-4(2)3/h2-6H,1H3;. The molecule has 0 aliphatic rings. The molecule has 0 heterocycles. The summed E-state index contributed by atoms with van der Waals surface area (Å²) in [5, 5.41) is 0. The maximum Gasteiger partial charge on any atom is 0.425 e. The van der Waals surface area contributed by atoms with Crippen molar-refractivity contribution in [3.8, 4) is 5.75 Å². The van der Waals surface area contributed by atoms with Crippen molar-refractivity contribution < 1.29 is 17.4 Å². The van der Waals surface area contributed by atoms with Gasteiger partial charge in [-0.1, -0.05) is 18.2 Å². The van der Waals surface area contributed by atoms with E-state index in [2.05, 4.69) is 0 Å². The number of rotatable bonds is 1. The molecule has 0 N–H and O–H groups in total. The average Bonchev–Trinajstić information content (AvgIpc) is 2.05. The molecule has 1 aromatic rings. The van der Waals surface area contributed by atoms with Gasteiger partial charge in [-0.3, -0.25) is 0 Å². The molecular weight excluding hydrogens is 180 g/mol. The second-order valence-corrected chi connectivity index (χ2v) is 2.13. The molecule has 0 aromatic heterocycles. The monoisotopic (exact) mass is 188 g/mol. The second-order valence-electron chi connectivity index (χ2n) is 1.72. The third kappa shape index (κ3) is 6.76. The Hall–Kier alpha value is -1.36. The van der Waals surface area contributed by atoms with Gasteiger partial charge in [0.2, 0.25) is 0 Å². The topological polar surface area (TPSA) is 60.4 Å². The van der Waals surface area contributed by atoms with Crippen molar-refractivity contribution in [2.24, 2.45) is 0 Å². The molecule has 0 radical (unpaired) electrons. The Morgan fingerprint density at radius 3 is 1.75 bits per heavy atom. The van der Waals surface area contributed by atoms with Crippen molar-refractivity contribution in [1.29, 1.82) is 0 Å². The molecule has 0 fully saturated rings. The van der Waals surface area contributed by atoms with Gasteiger partial charge < -0.3 is 4.74 Å². The Bertz CT molecular complexity index is 295. The molecule has 0 spiro atoms. The van der Waals surface area contributed by atoms with Crippen molar-refractivity contribution in [2.45, 2.75) is 0 Å². The Kier molecular flexibility index (Phi) is 5.64. The van der Waals surface area contributed by atoms with Crippen molar-refractivity contribution in [2.75, 3.05) is 7.11 Å². The summed E-state index contributed by atoms with van der Waals surface area (Å²) in [6.07, 6.45) is 0. The van der Waals surface area contributed by atoms with Gasteiger partial charge in [0.25, 0.3) is 0 Å². The summed E-state index contributed by atoms with van der Waals surface area (Å²) in [5.41, 5.74) is 0. The lowest BCUT2D eigenvalue weighted by molar-refractivity contribution is 0.415. The average molecular weight is 188 g/mol. The quantitative estimate of drug-likeness (QED) is 0.650. The number of benzene rings is 1. The third-order valence-corrected chi connectivity index (χ3v) is 0.979. The predicted molar refractivity (Wildman–Crippen MR) is 42.7 cm³/mol. The van der Waals surface area contributed by atoms with E-state index in [9.17, 15) is 0 Å². The predicted octanol–water partition coefficient (Wildman–Crippen LogP) is 0.691. The molecule has 0 aliphatic heterocycles. The maximum absolute atomic E-state index is 8.44. The van der Waals surface area contributed by atoms with Crippen LogP contribution in [0.2, 0.25) is 0 Å². The molecule has 5 heteroatoms. The second kappa shape index (κ2) is 6.36. The lowest BCUT2D eigenvalue weighted by atomic mass is 10.3. The normalized spacial score (nSPS) is 7.75. The summed E-state index contributed by atoms with van der Waals surface area (Å²) in [6.45, 7) is 0. The Labute approximate surface area is 71.9 Å². The van der Waals surface area contributed by atoms with E-state index in [1.54, 1.807) is 7.11 Å². The van der Waals surface area contributed by atoms with Crippen LogP contribution in [0, 0.1) is 0 Å². The van der Waals surface area contributed by atoms with Crippen LogP contribution in [-0.2, 0) is 10.6 Å². The first-order valence-corrected chi connectivity index (χ1v) is 4.02. The van der Waals surface area contributed by atoms with Gasteiger partial charge in [0, 0.05) is 0 Å². The van der Waals surface area contributed by atoms with E-state index >= 15 is 0 Å². The van der Waals surface area contributed by atoms with Crippen LogP contribution in [0.15, 0.2) is 30.3 Å². The summed E-state index contributed by atoms with van der Waals surface area (Å²) in [6, 6.07) is 9.68. The number of ether oxygens (including phenoxy) is 1. The van der Waals surface area contributed by atoms with Gasteiger partial charge in [-0.25, -0.2) is 0 Å². The smallest absolute Gasteiger partial charge is 0.425 e. The van der Waals surface area contributed by atoms with Crippen LogP contribution < -0.4 is 4.74 Å². The highest BCUT2D eigenvalue weighted by Gasteiger charge is 1.80. The largest absolute Gasteiger partial charge is 0.497 e. The van der Waals surface area contributed by atoms with Crippen LogP contribution in [0.25, 0.3) is 0 Å². The maximum atomic E-state index is 8.44. The Morgan fingerprint density at radius 1 is 1.08 bits per heavy atom. The minimum Gasteiger partial charge on any atom is -0.497 e. The van der Waals surface area contributed by atoms with Crippen molar-refractivity contribution in [3.05, 3.63) is 30.3 Å². The molecule has 0 unspecified atom stereocenters. The van der Waals surface area contributed by atoms with E-state index in [4.69, 9.17) is 17.4 Å². The molecular formula is C7H8O4S. The zero-order valence-corrected chi connectivity index (χ0v) is 7.24. The van der Waals surface area contributed by atoms with Crippen molar-refractivity contribution in [1.82, 2.24) is 0 Å². The number of hydrogen-bond donors (Lipinski definition) is 0. The van der Waals surface area contributed by atoms with Gasteiger partial charge in [0.1, 0.15) is 5.75 Å². The van der Waals surface area contributed by atoms with Crippen LogP contribution in [0.4, 0.5) is 0 Å². The molecule has 0 saturated carbocycles. The minimum atomic E-state index is -3.11. The van der Waals surface area contributed by atoms with Crippen LogP contribution in [0.1, 0.15) is 0 Å². The summed E-state index contributed by atoms with van der Waals surface area (Å²) in [4.78, 5) is 0. The molecule has 0 bridgehead atoms. The summed E-state index contributed by atoms with van der Waals surface area (Å²) in [7, 11) is -1.45. The van der Waals surface area contributed by atoms with Gasteiger partial charge in [-0.05, 0) is 12.1 Å². The van der Waals surface area contributed by atoms with Crippen LogP contribution in [0.5, 0.6) is 5.75 Å². The minimum absolute atomic E-state index is 0.910. The summed E-state index contributed by atoms with van der Waals surface area (Å²) < 4.78 is 30.2. The highest BCUT2D eigenvalue weighted by molar-refractivity contribution is 7.59. The van der Waals surface area contributed by atoms with Crippen molar-refractivity contribution in [3.63, 3.8) is 0 Å². The zero-order valence-electron chi connectivity index (χ0n) is 6.43. The number of para-hydroxylation sites is 1. The van der Waals surface area contributed by atoms with E-state index in [0.717, 1.165) is 5.75 Å². The molecule has 12 heavy (non-hydrogen) atoms. The number of hydrogen-bond acceptors (Lipinski definition) is 4. The van der Waals surface area contributed by atoms with Gasteiger partial charge in [0.05, 0.1) is 7.11 Å². The summed E-state index contributed by atoms with van der Waals surface area (Å²) in [5.74, 6) is 0.910. The van der Waals surface area contributed by atoms with Gasteiger partial charge in [-0.2, -0.15) is 0 Å². The molecule has 66 valence electrons. The van der Waals surface area contributed by atoms with E-state index in [0.29, 0.717) is 0 Å². The Balaban J connectivity index is 0.000000261. The van der Waals surface area contributed by atoms with Gasteiger partial charge in [-0.15, -0.1) is 12.6 Å². The molecule has 0 saturated heterocycles. The van der Waals surface area contributed by atoms with Crippen LogP contribution in [0.3, 0.4) is 0 Å². The highest BCUT2D eigenvalue weighted by Crippen LogP contribution is 2.05.